The number of rotatable bonds is 18. The second-order valence-corrected chi connectivity index (χ2v) is 17.9. The molecule has 0 fully saturated rings. The molecule has 0 rings (SSSR count). The van der Waals surface area contributed by atoms with Crippen LogP contribution < -0.4 is 0 Å². The first kappa shape index (κ1) is 25.0. The van der Waals surface area contributed by atoms with Gasteiger partial charge in [-0.3, -0.25) is 0 Å². The van der Waals surface area contributed by atoms with Gasteiger partial charge in [-0.1, -0.05) is 0 Å². The molecular formula is C21H45Cl2P. The van der Waals surface area contributed by atoms with Crippen LogP contribution in [0.25, 0.3) is 0 Å². The van der Waals surface area contributed by atoms with E-state index < -0.39 is 5.31 Å². The van der Waals surface area contributed by atoms with E-state index in [9.17, 15) is 0 Å². The van der Waals surface area contributed by atoms with Crippen LogP contribution >= 0.6 is 27.8 Å². The maximum atomic E-state index is 7.23. The van der Waals surface area contributed by atoms with Crippen molar-refractivity contribution in [3.63, 3.8) is 0 Å². The Morgan fingerprint density at radius 2 is 0.667 bits per heavy atom. The summed E-state index contributed by atoms with van der Waals surface area (Å²) in [5.74, 6) is 0. The van der Waals surface area contributed by atoms with Crippen molar-refractivity contribution in [3.05, 3.63) is 0 Å². The number of hydrogen-bond acceptors (Lipinski definition) is 0. The van der Waals surface area contributed by atoms with Gasteiger partial charge in [0.1, 0.15) is 0 Å². The van der Waals surface area contributed by atoms with E-state index in [0.717, 1.165) is 18.5 Å². The third-order valence-electron chi connectivity index (χ3n) is 5.24. The van der Waals surface area contributed by atoms with Gasteiger partial charge in [0, 0.05) is 0 Å². The number of halogens is 2. The molecule has 0 aromatic rings. The third kappa shape index (κ3) is 14.2. The molecule has 0 unspecified atom stereocenters. The zero-order valence-electron chi connectivity index (χ0n) is 16.9. The van der Waals surface area contributed by atoms with Gasteiger partial charge in [-0.25, -0.2) is 0 Å². The molecular weight excluding hydrogens is 354 g/mol. The van der Waals surface area contributed by atoms with Gasteiger partial charge in [0.05, 0.1) is 0 Å². The minimum atomic E-state index is -2.47. The summed E-state index contributed by atoms with van der Waals surface area (Å²) in [4.78, 5) is 0. The fraction of sp³-hybridized carbons (Fsp3) is 1.00. The van der Waals surface area contributed by atoms with Crippen molar-refractivity contribution in [2.75, 3.05) is 18.5 Å². The van der Waals surface area contributed by atoms with Crippen LogP contribution in [0.1, 0.15) is 117 Å². The zero-order chi connectivity index (χ0) is 18.2. The van der Waals surface area contributed by atoms with E-state index >= 15 is 0 Å². The molecule has 0 heterocycles. The molecule has 0 N–H and O–H groups in total. The fourth-order valence-electron chi connectivity index (χ4n) is 3.51. The Labute approximate surface area is 163 Å². The van der Waals surface area contributed by atoms with Gasteiger partial charge in [-0.05, 0) is 0 Å². The third-order valence-corrected chi connectivity index (χ3v) is 12.1. The van der Waals surface area contributed by atoms with E-state index in [-0.39, 0.29) is 0 Å². The van der Waals surface area contributed by atoms with Crippen molar-refractivity contribution in [1.82, 2.24) is 0 Å². The molecule has 0 saturated heterocycles. The van der Waals surface area contributed by atoms with Crippen molar-refractivity contribution in [1.29, 1.82) is 0 Å². The molecule has 0 saturated carbocycles. The first-order valence-corrected chi connectivity index (χ1v) is 15.5. The van der Waals surface area contributed by atoms with Crippen LogP contribution in [0, 0.1) is 0 Å². The van der Waals surface area contributed by atoms with E-state index in [1.54, 1.807) is 0 Å². The first-order chi connectivity index (χ1) is 11.5. The second-order valence-electron chi connectivity index (χ2n) is 7.87. The number of hydrogen-bond donors (Lipinski definition) is 0. The molecule has 0 nitrogen and oxygen atoms in total. The van der Waals surface area contributed by atoms with Crippen molar-refractivity contribution in [3.8, 4) is 0 Å². The molecule has 0 aliphatic carbocycles. The van der Waals surface area contributed by atoms with Crippen LogP contribution in [0.3, 0.4) is 0 Å². The topological polar surface area (TPSA) is 0 Å². The van der Waals surface area contributed by atoms with Gasteiger partial charge in [0.25, 0.3) is 0 Å². The predicted octanol–water partition coefficient (Wildman–Crippen LogP) is 9.76. The van der Waals surface area contributed by atoms with E-state index in [2.05, 4.69) is 20.8 Å². The molecule has 0 aromatic heterocycles. The SMILES string of the molecule is CCCCCCCP(Cl)(Cl)(CCCCCCC)CCCCCCC. The average Bonchev–Trinajstić information content (AvgIpc) is 2.54. The van der Waals surface area contributed by atoms with Crippen molar-refractivity contribution in [2.45, 2.75) is 117 Å². The summed E-state index contributed by atoms with van der Waals surface area (Å²) in [6.07, 6.45) is 23.1. The molecule has 0 spiro atoms. The Morgan fingerprint density at radius 1 is 0.417 bits per heavy atom. The molecule has 0 atom stereocenters. The molecule has 148 valence electrons. The minimum absolute atomic E-state index is 1.11. The molecule has 3 heteroatoms. The monoisotopic (exact) mass is 398 g/mol. The molecule has 0 amide bonds. The Balaban J connectivity index is 4.30. The van der Waals surface area contributed by atoms with Gasteiger partial charge in [-0.2, -0.15) is 0 Å². The standard InChI is InChI=1S/C21H45Cl2P/c1-4-7-10-13-16-19-24(22,23,20-17-14-11-8-5-2)21-18-15-12-9-6-3/h4-21H2,1-3H3. The van der Waals surface area contributed by atoms with E-state index in [1.165, 1.54) is 96.3 Å². The molecule has 0 aliphatic rings. The van der Waals surface area contributed by atoms with Crippen molar-refractivity contribution >= 4 is 27.8 Å². The molecule has 0 bridgehead atoms. The summed E-state index contributed by atoms with van der Waals surface area (Å²) in [6.45, 7) is 6.82. The average molecular weight is 399 g/mol. The first-order valence-electron chi connectivity index (χ1n) is 10.9. The van der Waals surface area contributed by atoms with Crippen LogP contribution in [0.15, 0.2) is 0 Å². The molecule has 24 heavy (non-hydrogen) atoms. The quantitative estimate of drug-likeness (QED) is 0.159. The van der Waals surface area contributed by atoms with Crippen LogP contribution in [0.5, 0.6) is 0 Å². The Kier molecular flexibility index (Phi) is 15.7. The van der Waals surface area contributed by atoms with Gasteiger partial charge < -0.3 is 0 Å². The van der Waals surface area contributed by atoms with E-state index in [0.29, 0.717) is 0 Å². The van der Waals surface area contributed by atoms with E-state index in [4.69, 9.17) is 22.5 Å². The van der Waals surface area contributed by atoms with E-state index in [1.807, 2.05) is 0 Å². The van der Waals surface area contributed by atoms with Crippen LogP contribution in [-0.4, -0.2) is 18.5 Å². The van der Waals surface area contributed by atoms with Crippen LogP contribution in [0.2, 0.25) is 0 Å². The molecule has 0 radical (unpaired) electrons. The second kappa shape index (κ2) is 15.1. The van der Waals surface area contributed by atoms with Crippen LogP contribution in [-0.2, 0) is 0 Å². The Morgan fingerprint density at radius 3 is 0.917 bits per heavy atom. The van der Waals surface area contributed by atoms with Gasteiger partial charge in [-0.15, -0.1) is 0 Å². The maximum absolute atomic E-state index is 7.23. The summed E-state index contributed by atoms with van der Waals surface area (Å²) < 4.78 is 0. The Bertz CT molecular complexity index is 236. The normalized spacial score (nSPS) is 13.8. The predicted molar refractivity (Wildman–Crippen MR) is 120 cm³/mol. The summed E-state index contributed by atoms with van der Waals surface area (Å²) in [5.41, 5.74) is 0. The zero-order valence-corrected chi connectivity index (χ0v) is 19.3. The summed E-state index contributed by atoms with van der Waals surface area (Å²) in [5, 5.41) is -2.47. The van der Waals surface area contributed by atoms with Crippen molar-refractivity contribution < 1.29 is 0 Å². The number of unbranched alkanes of at least 4 members (excludes halogenated alkanes) is 12. The Hall–Kier alpha value is 1.01. The van der Waals surface area contributed by atoms with Gasteiger partial charge in [0.15, 0.2) is 0 Å². The van der Waals surface area contributed by atoms with Gasteiger partial charge in [0.2, 0.25) is 0 Å². The molecule has 0 aromatic carbocycles. The fourth-order valence-corrected chi connectivity index (χ4v) is 9.06. The summed E-state index contributed by atoms with van der Waals surface area (Å²) >= 11 is 14.5. The summed E-state index contributed by atoms with van der Waals surface area (Å²) in [6, 6.07) is 0. The van der Waals surface area contributed by atoms with Crippen molar-refractivity contribution in [2.24, 2.45) is 0 Å². The summed E-state index contributed by atoms with van der Waals surface area (Å²) in [7, 11) is 0. The van der Waals surface area contributed by atoms with Gasteiger partial charge >= 0.3 is 163 Å². The van der Waals surface area contributed by atoms with Crippen LogP contribution in [0.4, 0.5) is 0 Å². The molecule has 0 aliphatic heterocycles.